The Morgan fingerprint density at radius 2 is 1.80 bits per heavy atom. The molecule has 0 saturated heterocycles. The highest BCUT2D eigenvalue weighted by Crippen LogP contribution is 2.19. The number of nitrogens with one attached hydrogen (secondary N) is 1. The Balaban J connectivity index is 4.19. The van der Waals surface area contributed by atoms with E-state index < -0.39 is 5.60 Å². The molecular formula is C15H29NO4. The molecule has 0 aliphatic rings. The first-order valence-electron chi connectivity index (χ1n) is 7.39. The van der Waals surface area contributed by atoms with Crippen molar-refractivity contribution in [3.05, 3.63) is 0 Å². The summed E-state index contributed by atoms with van der Waals surface area (Å²) in [5, 5.41) is 2.76. The second-order valence-electron chi connectivity index (χ2n) is 5.50. The molecule has 0 spiro atoms. The standard InChI is InChI=1S/C15H29NO4/c1-7-12(5)20-15(6,8-2)14(18)16-9-10-19-13(17)11(3)4/h11-12H,7-10H2,1-6H3,(H,16,18). The van der Waals surface area contributed by atoms with Crippen molar-refractivity contribution in [1.29, 1.82) is 0 Å². The molecular weight excluding hydrogens is 258 g/mol. The molecule has 20 heavy (non-hydrogen) atoms. The van der Waals surface area contributed by atoms with Gasteiger partial charge in [0, 0.05) is 0 Å². The van der Waals surface area contributed by atoms with E-state index in [1.807, 2.05) is 20.8 Å². The highest BCUT2D eigenvalue weighted by Gasteiger charge is 2.33. The zero-order chi connectivity index (χ0) is 15.8. The maximum atomic E-state index is 12.1. The number of carbonyl (C=O) groups is 2. The van der Waals surface area contributed by atoms with Gasteiger partial charge in [-0.3, -0.25) is 9.59 Å². The maximum absolute atomic E-state index is 12.1. The number of esters is 1. The molecule has 0 aromatic carbocycles. The van der Waals surface area contributed by atoms with E-state index in [1.165, 1.54) is 0 Å². The number of hydrogen-bond donors (Lipinski definition) is 1. The topological polar surface area (TPSA) is 64.6 Å². The summed E-state index contributed by atoms with van der Waals surface area (Å²) in [5.74, 6) is -0.574. The summed E-state index contributed by atoms with van der Waals surface area (Å²) in [5.41, 5.74) is -0.836. The van der Waals surface area contributed by atoms with Crippen LogP contribution in [-0.4, -0.2) is 36.7 Å². The molecule has 2 unspecified atom stereocenters. The van der Waals surface area contributed by atoms with Crippen LogP contribution in [0, 0.1) is 5.92 Å². The average molecular weight is 287 g/mol. The summed E-state index contributed by atoms with van der Waals surface area (Å²) < 4.78 is 10.8. The van der Waals surface area contributed by atoms with Crippen LogP contribution in [0.25, 0.3) is 0 Å². The van der Waals surface area contributed by atoms with Crippen molar-refractivity contribution in [3.8, 4) is 0 Å². The Kier molecular flexibility index (Phi) is 8.46. The van der Waals surface area contributed by atoms with Crippen LogP contribution in [0.2, 0.25) is 0 Å². The van der Waals surface area contributed by atoms with E-state index >= 15 is 0 Å². The molecule has 2 atom stereocenters. The van der Waals surface area contributed by atoms with Gasteiger partial charge in [-0.2, -0.15) is 0 Å². The molecule has 0 aromatic rings. The lowest BCUT2D eigenvalue weighted by molar-refractivity contribution is -0.154. The van der Waals surface area contributed by atoms with Gasteiger partial charge in [-0.15, -0.1) is 0 Å². The molecule has 0 heterocycles. The van der Waals surface area contributed by atoms with Gasteiger partial charge in [-0.05, 0) is 26.7 Å². The van der Waals surface area contributed by atoms with Crippen LogP contribution in [0.5, 0.6) is 0 Å². The minimum atomic E-state index is -0.836. The number of amides is 1. The number of carbonyl (C=O) groups excluding carboxylic acids is 2. The quantitative estimate of drug-likeness (QED) is 0.522. The molecule has 0 fully saturated rings. The summed E-state index contributed by atoms with van der Waals surface area (Å²) in [4.78, 5) is 23.4. The number of ether oxygens (including phenoxy) is 2. The Morgan fingerprint density at radius 3 is 2.25 bits per heavy atom. The van der Waals surface area contributed by atoms with E-state index in [4.69, 9.17) is 9.47 Å². The monoisotopic (exact) mass is 287 g/mol. The highest BCUT2D eigenvalue weighted by atomic mass is 16.5. The zero-order valence-corrected chi connectivity index (χ0v) is 13.6. The fraction of sp³-hybridized carbons (Fsp3) is 0.867. The van der Waals surface area contributed by atoms with Gasteiger partial charge in [0.15, 0.2) is 0 Å². The molecule has 118 valence electrons. The Hall–Kier alpha value is -1.10. The average Bonchev–Trinajstić information content (AvgIpc) is 2.42. The van der Waals surface area contributed by atoms with E-state index in [1.54, 1.807) is 20.8 Å². The fourth-order valence-corrected chi connectivity index (χ4v) is 1.49. The minimum Gasteiger partial charge on any atom is -0.464 e. The second-order valence-corrected chi connectivity index (χ2v) is 5.50. The van der Waals surface area contributed by atoms with Gasteiger partial charge in [0.25, 0.3) is 5.91 Å². The van der Waals surface area contributed by atoms with Crippen molar-refractivity contribution in [2.24, 2.45) is 5.92 Å². The first kappa shape index (κ1) is 18.9. The molecule has 1 amide bonds. The maximum Gasteiger partial charge on any atom is 0.308 e. The molecule has 0 aliphatic carbocycles. The SMILES string of the molecule is CCC(C)OC(C)(CC)C(=O)NCCOC(=O)C(C)C. The van der Waals surface area contributed by atoms with Crippen molar-refractivity contribution in [2.45, 2.75) is 66.1 Å². The zero-order valence-electron chi connectivity index (χ0n) is 13.6. The summed E-state index contributed by atoms with van der Waals surface area (Å²) in [6, 6.07) is 0. The Morgan fingerprint density at radius 1 is 1.20 bits per heavy atom. The molecule has 0 aromatic heterocycles. The van der Waals surface area contributed by atoms with Gasteiger partial charge < -0.3 is 14.8 Å². The number of hydrogen-bond acceptors (Lipinski definition) is 4. The molecule has 5 nitrogen and oxygen atoms in total. The fourth-order valence-electron chi connectivity index (χ4n) is 1.49. The van der Waals surface area contributed by atoms with Crippen molar-refractivity contribution in [3.63, 3.8) is 0 Å². The molecule has 0 radical (unpaired) electrons. The van der Waals surface area contributed by atoms with Gasteiger partial charge in [0.1, 0.15) is 12.2 Å². The van der Waals surface area contributed by atoms with E-state index in [0.29, 0.717) is 13.0 Å². The second kappa shape index (κ2) is 8.95. The third kappa shape index (κ3) is 6.37. The molecule has 0 aliphatic heterocycles. The van der Waals surface area contributed by atoms with Gasteiger partial charge in [-0.25, -0.2) is 0 Å². The first-order chi connectivity index (χ1) is 9.26. The van der Waals surface area contributed by atoms with Crippen LogP contribution in [0.15, 0.2) is 0 Å². The van der Waals surface area contributed by atoms with Crippen LogP contribution < -0.4 is 5.32 Å². The van der Waals surface area contributed by atoms with Gasteiger partial charge in [-0.1, -0.05) is 27.7 Å². The van der Waals surface area contributed by atoms with Crippen molar-refractivity contribution in [1.82, 2.24) is 5.32 Å². The van der Waals surface area contributed by atoms with Crippen molar-refractivity contribution < 1.29 is 19.1 Å². The smallest absolute Gasteiger partial charge is 0.308 e. The highest BCUT2D eigenvalue weighted by molar-refractivity contribution is 5.84. The van der Waals surface area contributed by atoms with Crippen LogP contribution >= 0.6 is 0 Å². The van der Waals surface area contributed by atoms with Gasteiger partial charge >= 0.3 is 5.97 Å². The minimum absolute atomic E-state index is 0.0319. The predicted octanol–water partition coefficient (Wildman–Crippen LogP) is 2.29. The van der Waals surface area contributed by atoms with Gasteiger partial charge in [0.2, 0.25) is 0 Å². The third-order valence-corrected chi connectivity index (χ3v) is 3.29. The van der Waals surface area contributed by atoms with Crippen molar-refractivity contribution in [2.75, 3.05) is 13.2 Å². The lowest BCUT2D eigenvalue weighted by atomic mass is 10.0. The number of rotatable bonds is 9. The first-order valence-corrected chi connectivity index (χ1v) is 7.39. The predicted molar refractivity (Wildman–Crippen MR) is 78.3 cm³/mol. The normalized spacial score (nSPS) is 15.6. The van der Waals surface area contributed by atoms with E-state index in [0.717, 1.165) is 6.42 Å². The molecule has 1 N–H and O–H groups in total. The lowest BCUT2D eigenvalue weighted by Gasteiger charge is -2.30. The summed E-state index contributed by atoms with van der Waals surface area (Å²) >= 11 is 0. The molecule has 0 saturated carbocycles. The van der Waals surface area contributed by atoms with Crippen LogP contribution in [0.1, 0.15) is 54.4 Å². The largest absolute Gasteiger partial charge is 0.464 e. The van der Waals surface area contributed by atoms with Gasteiger partial charge in [0.05, 0.1) is 18.6 Å². The van der Waals surface area contributed by atoms with Crippen LogP contribution in [0.4, 0.5) is 0 Å². The summed E-state index contributed by atoms with van der Waals surface area (Å²) in [6.45, 7) is 11.7. The molecule has 0 rings (SSSR count). The third-order valence-electron chi connectivity index (χ3n) is 3.29. The van der Waals surface area contributed by atoms with E-state index in [2.05, 4.69) is 5.32 Å². The summed E-state index contributed by atoms with van der Waals surface area (Å²) in [7, 11) is 0. The summed E-state index contributed by atoms with van der Waals surface area (Å²) in [6.07, 6.45) is 1.48. The Bertz CT molecular complexity index is 317. The lowest BCUT2D eigenvalue weighted by Crippen LogP contribution is -2.48. The Labute approximate surface area is 122 Å². The van der Waals surface area contributed by atoms with Crippen molar-refractivity contribution >= 4 is 11.9 Å². The van der Waals surface area contributed by atoms with E-state index in [9.17, 15) is 9.59 Å². The van der Waals surface area contributed by atoms with E-state index in [-0.39, 0.29) is 30.5 Å². The van der Waals surface area contributed by atoms with Crippen LogP contribution in [0.3, 0.4) is 0 Å². The van der Waals surface area contributed by atoms with Crippen LogP contribution in [-0.2, 0) is 19.1 Å². The molecule has 0 bridgehead atoms. The molecule has 5 heteroatoms.